The monoisotopic (exact) mass is 432 g/mol. The molecule has 0 saturated carbocycles. The first kappa shape index (κ1) is 20.5. The number of carbonyl (C=O) groups excluding carboxylic acids is 1. The molecule has 2 rings (SSSR count). The van der Waals surface area contributed by atoms with Gasteiger partial charge in [0.05, 0.1) is 25.5 Å². The summed E-state index contributed by atoms with van der Waals surface area (Å²) in [6, 6.07) is 10.6. The lowest BCUT2D eigenvalue weighted by molar-refractivity contribution is 0.0951. The molecule has 27 heavy (non-hydrogen) atoms. The highest BCUT2D eigenvalue weighted by atomic mass is 79.9. The molecule has 0 aliphatic carbocycles. The van der Waals surface area contributed by atoms with Gasteiger partial charge in [-0.3, -0.25) is 4.79 Å². The van der Waals surface area contributed by atoms with E-state index >= 15 is 0 Å². The molecule has 6 nitrogen and oxygen atoms in total. The van der Waals surface area contributed by atoms with E-state index in [1.807, 2.05) is 13.0 Å². The minimum atomic E-state index is -0.367. The van der Waals surface area contributed by atoms with Crippen molar-refractivity contribution < 1.29 is 19.0 Å². The van der Waals surface area contributed by atoms with Gasteiger partial charge < -0.3 is 14.2 Å². The molecule has 1 N–H and O–H groups in total. The maximum Gasteiger partial charge on any atom is 0.275 e. The first-order valence-electron chi connectivity index (χ1n) is 8.26. The van der Waals surface area contributed by atoms with Crippen molar-refractivity contribution in [3.05, 3.63) is 64.7 Å². The molecule has 2 aromatic rings. The average molecular weight is 433 g/mol. The van der Waals surface area contributed by atoms with Crippen LogP contribution in [0.2, 0.25) is 0 Å². The van der Waals surface area contributed by atoms with Gasteiger partial charge >= 0.3 is 0 Å². The van der Waals surface area contributed by atoms with Gasteiger partial charge in [-0.05, 0) is 48.9 Å². The fourth-order valence-electron chi connectivity index (χ4n) is 2.22. The molecule has 0 saturated heterocycles. The zero-order valence-electron chi connectivity index (χ0n) is 15.2. The SMILES string of the molecule is C=CCOc1ccc(/C=N/NC(=O)c2cc(Br)ccc2OCC)cc1OC. The van der Waals surface area contributed by atoms with E-state index in [0.717, 1.165) is 10.0 Å². The Labute approximate surface area is 167 Å². The smallest absolute Gasteiger partial charge is 0.275 e. The molecule has 0 fully saturated rings. The van der Waals surface area contributed by atoms with Crippen molar-refractivity contribution in [1.29, 1.82) is 0 Å². The van der Waals surface area contributed by atoms with Crippen LogP contribution in [0.5, 0.6) is 17.2 Å². The van der Waals surface area contributed by atoms with E-state index in [0.29, 0.717) is 36.0 Å². The summed E-state index contributed by atoms with van der Waals surface area (Å²) in [5.74, 6) is 1.31. The van der Waals surface area contributed by atoms with E-state index in [-0.39, 0.29) is 5.91 Å². The largest absolute Gasteiger partial charge is 0.493 e. The number of carbonyl (C=O) groups is 1. The minimum Gasteiger partial charge on any atom is -0.493 e. The Hall–Kier alpha value is -2.80. The van der Waals surface area contributed by atoms with Crippen LogP contribution in [0.1, 0.15) is 22.8 Å². The maximum atomic E-state index is 12.4. The fraction of sp³-hybridized carbons (Fsp3) is 0.200. The van der Waals surface area contributed by atoms with Gasteiger partial charge in [0.25, 0.3) is 5.91 Å². The molecule has 0 heterocycles. The molecular formula is C20H21BrN2O4. The summed E-state index contributed by atoms with van der Waals surface area (Å²) in [4.78, 5) is 12.4. The second-order valence-corrected chi connectivity index (χ2v) is 6.20. The molecule has 142 valence electrons. The fourth-order valence-corrected chi connectivity index (χ4v) is 2.58. The summed E-state index contributed by atoms with van der Waals surface area (Å²) in [7, 11) is 1.56. The number of halogens is 1. The van der Waals surface area contributed by atoms with Gasteiger partial charge in [0.15, 0.2) is 11.5 Å². The van der Waals surface area contributed by atoms with Gasteiger partial charge in [-0.1, -0.05) is 28.6 Å². The van der Waals surface area contributed by atoms with E-state index < -0.39 is 0 Å². The Balaban J connectivity index is 2.10. The number of nitrogens with one attached hydrogen (secondary N) is 1. The number of hydrogen-bond donors (Lipinski definition) is 1. The predicted octanol–water partition coefficient (Wildman–Crippen LogP) is 4.19. The van der Waals surface area contributed by atoms with E-state index in [1.165, 1.54) is 6.21 Å². The van der Waals surface area contributed by atoms with Crippen LogP contribution in [0.3, 0.4) is 0 Å². The lowest BCUT2D eigenvalue weighted by Gasteiger charge is -2.10. The number of hydrogen-bond acceptors (Lipinski definition) is 5. The molecule has 0 bridgehead atoms. The number of hydrazone groups is 1. The molecule has 0 radical (unpaired) electrons. The first-order chi connectivity index (χ1) is 13.1. The second kappa shape index (κ2) is 10.4. The van der Waals surface area contributed by atoms with E-state index in [9.17, 15) is 4.79 Å². The quantitative estimate of drug-likeness (QED) is 0.366. The van der Waals surface area contributed by atoms with Crippen molar-refractivity contribution in [1.82, 2.24) is 5.43 Å². The van der Waals surface area contributed by atoms with Gasteiger partial charge in [-0.25, -0.2) is 5.43 Å². The standard InChI is InChI=1S/C20H21BrN2O4/c1-4-10-27-18-8-6-14(11-19(18)25-3)13-22-23-20(24)16-12-15(21)7-9-17(16)26-5-2/h4,6-9,11-13H,1,5,10H2,2-3H3,(H,23,24)/b22-13+. The number of methoxy groups -OCH3 is 1. The van der Waals surface area contributed by atoms with Gasteiger partial charge in [0.2, 0.25) is 0 Å². The molecule has 0 aliphatic rings. The molecule has 2 aromatic carbocycles. The molecule has 1 amide bonds. The third-order valence-corrected chi connectivity index (χ3v) is 3.90. The normalized spacial score (nSPS) is 10.5. The van der Waals surface area contributed by atoms with Gasteiger partial charge in [-0.15, -0.1) is 0 Å². The van der Waals surface area contributed by atoms with Crippen molar-refractivity contribution in [3.8, 4) is 17.2 Å². The summed E-state index contributed by atoms with van der Waals surface area (Å²) < 4.78 is 17.1. The minimum absolute atomic E-state index is 0.367. The van der Waals surface area contributed by atoms with E-state index in [1.54, 1.807) is 43.5 Å². The van der Waals surface area contributed by atoms with Gasteiger partial charge in [0, 0.05) is 4.47 Å². The predicted molar refractivity (Wildman–Crippen MR) is 109 cm³/mol. The maximum absolute atomic E-state index is 12.4. The lowest BCUT2D eigenvalue weighted by Crippen LogP contribution is -2.18. The Kier molecular flexibility index (Phi) is 7.88. The second-order valence-electron chi connectivity index (χ2n) is 5.28. The highest BCUT2D eigenvalue weighted by Gasteiger charge is 2.12. The van der Waals surface area contributed by atoms with Gasteiger partial charge in [-0.2, -0.15) is 5.10 Å². The molecule has 0 spiro atoms. The van der Waals surface area contributed by atoms with Crippen molar-refractivity contribution in [2.75, 3.05) is 20.3 Å². The average Bonchev–Trinajstić information content (AvgIpc) is 2.68. The summed E-state index contributed by atoms with van der Waals surface area (Å²) in [6.07, 6.45) is 3.18. The van der Waals surface area contributed by atoms with Crippen LogP contribution >= 0.6 is 15.9 Å². The molecule has 7 heteroatoms. The highest BCUT2D eigenvalue weighted by Crippen LogP contribution is 2.27. The van der Waals surface area contributed by atoms with Crippen LogP contribution in [0, 0.1) is 0 Å². The zero-order valence-corrected chi connectivity index (χ0v) is 16.8. The van der Waals surface area contributed by atoms with E-state index in [4.69, 9.17) is 14.2 Å². The Morgan fingerprint density at radius 2 is 1.96 bits per heavy atom. The third kappa shape index (κ3) is 5.86. The summed E-state index contributed by atoms with van der Waals surface area (Å²) in [6.45, 7) is 6.32. The summed E-state index contributed by atoms with van der Waals surface area (Å²) in [5, 5.41) is 4.01. The Morgan fingerprint density at radius 1 is 1.19 bits per heavy atom. The zero-order chi connectivity index (χ0) is 19.6. The molecule has 0 unspecified atom stereocenters. The number of nitrogens with zero attached hydrogens (tertiary/aromatic N) is 1. The van der Waals surface area contributed by atoms with Crippen molar-refractivity contribution in [2.45, 2.75) is 6.92 Å². The van der Waals surface area contributed by atoms with Crippen LogP contribution in [0.25, 0.3) is 0 Å². The molecular weight excluding hydrogens is 412 g/mol. The van der Waals surface area contributed by atoms with Gasteiger partial charge in [0.1, 0.15) is 12.4 Å². The third-order valence-electron chi connectivity index (χ3n) is 3.41. The van der Waals surface area contributed by atoms with Crippen LogP contribution in [0.15, 0.2) is 58.6 Å². The first-order valence-corrected chi connectivity index (χ1v) is 9.05. The Morgan fingerprint density at radius 3 is 2.67 bits per heavy atom. The number of benzene rings is 2. The number of amides is 1. The summed E-state index contributed by atoms with van der Waals surface area (Å²) >= 11 is 3.36. The van der Waals surface area contributed by atoms with Crippen LogP contribution < -0.4 is 19.6 Å². The van der Waals surface area contributed by atoms with E-state index in [2.05, 4.69) is 33.0 Å². The highest BCUT2D eigenvalue weighted by molar-refractivity contribution is 9.10. The molecule has 0 atom stereocenters. The number of rotatable bonds is 9. The van der Waals surface area contributed by atoms with Crippen molar-refractivity contribution in [3.63, 3.8) is 0 Å². The topological polar surface area (TPSA) is 69.2 Å². The molecule has 0 aromatic heterocycles. The van der Waals surface area contributed by atoms with Crippen LogP contribution in [-0.4, -0.2) is 32.4 Å². The lowest BCUT2D eigenvalue weighted by atomic mass is 10.2. The van der Waals surface area contributed by atoms with Crippen LogP contribution in [0.4, 0.5) is 0 Å². The van der Waals surface area contributed by atoms with Crippen LogP contribution in [-0.2, 0) is 0 Å². The van der Waals surface area contributed by atoms with Crippen molar-refractivity contribution >= 4 is 28.1 Å². The molecule has 0 aliphatic heterocycles. The van der Waals surface area contributed by atoms with Crippen molar-refractivity contribution in [2.24, 2.45) is 5.10 Å². The Bertz CT molecular complexity index is 837. The summed E-state index contributed by atoms with van der Waals surface area (Å²) in [5.41, 5.74) is 3.65. The number of ether oxygens (including phenoxy) is 3.